The van der Waals surface area contributed by atoms with Gasteiger partial charge in [-0.3, -0.25) is 5.32 Å². The zero-order valence-corrected chi connectivity index (χ0v) is 16.6. The van der Waals surface area contributed by atoms with Crippen LogP contribution < -0.4 is 10.6 Å². The van der Waals surface area contributed by atoms with Crippen molar-refractivity contribution >= 4 is 40.0 Å². The highest BCUT2D eigenvalue weighted by molar-refractivity contribution is 6.55. The molecule has 2 amide bonds. The van der Waals surface area contributed by atoms with Crippen LogP contribution in [0.1, 0.15) is 33.4 Å². The van der Waals surface area contributed by atoms with E-state index in [1.807, 2.05) is 32.0 Å². The lowest BCUT2D eigenvalue weighted by Crippen LogP contribution is -2.26. The fraction of sp³-hybridized carbons (Fsp3) is 0.250. The number of anilines is 1. The van der Waals surface area contributed by atoms with Crippen LogP contribution in [0.3, 0.4) is 0 Å². The van der Waals surface area contributed by atoms with Gasteiger partial charge in [-0.1, -0.05) is 41.4 Å². The average molecular weight is 377 g/mol. The zero-order valence-electron chi connectivity index (χ0n) is 15.1. The number of carbonyl (C=O) groups excluding carboxylic acids is 1. The highest BCUT2D eigenvalue weighted by Gasteiger charge is 2.18. The fourth-order valence-electron chi connectivity index (χ4n) is 2.78. The molecule has 0 fully saturated rings. The van der Waals surface area contributed by atoms with Crippen LogP contribution in [0, 0.1) is 34.6 Å². The van der Waals surface area contributed by atoms with Gasteiger partial charge in [-0.25, -0.2) is 4.79 Å². The van der Waals surface area contributed by atoms with Gasteiger partial charge < -0.3 is 5.32 Å². The zero-order chi connectivity index (χ0) is 18.7. The number of urea groups is 1. The van der Waals surface area contributed by atoms with Crippen molar-refractivity contribution in [1.29, 1.82) is 0 Å². The van der Waals surface area contributed by atoms with Crippen molar-refractivity contribution < 1.29 is 4.79 Å². The average Bonchev–Trinajstić information content (AvgIpc) is 2.59. The van der Waals surface area contributed by atoms with E-state index in [9.17, 15) is 4.79 Å². The van der Waals surface area contributed by atoms with Crippen molar-refractivity contribution in [1.82, 2.24) is 5.32 Å². The van der Waals surface area contributed by atoms with E-state index in [-0.39, 0.29) is 5.16 Å². The van der Waals surface area contributed by atoms with Gasteiger partial charge in [0.25, 0.3) is 0 Å². The van der Waals surface area contributed by atoms with Crippen LogP contribution in [0.4, 0.5) is 10.5 Å². The molecule has 2 N–H and O–H groups in total. The number of para-hydroxylation sites is 1. The Balaban J connectivity index is 2.32. The molecule has 2 aromatic rings. The normalized spacial score (nSPS) is 11.8. The van der Waals surface area contributed by atoms with Crippen molar-refractivity contribution in [2.45, 2.75) is 34.6 Å². The summed E-state index contributed by atoms with van der Waals surface area (Å²) >= 11 is 12.8. The minimum atomic E-state index is -0.440. The summed E-state index contributed by atoms with van der Waals surface area (Å²) in [5.41, 5.74) is 7.27. The molecule has 0 atom stereocenters. The Morgan fingerprint density at radius 1 is 0.800 bits per heavy atom. The monoisotopic (exact) mass is 376 g/mol. The summed E-state index contributed by atoms with van der Waals surface area (Å²) in [6.45, 7) is 10.3. The molecule has 0 spiro atoms. The van der Waals surface area contributed by atoms with E-state index in [4.69, 9.17) is 23.2 Å². The van der Waals surface area contributed by atoms with Crippen LogP contribution >= 0.6 is 23.2 Å². The largest absolute Gasteiger partial charge is 0.324 e. The summed E-state index contributed by atoms with van der Waals surface area (Å²) in [4.78, 5) is 12.1. The van der Waals surface area contributed by atoms with Gasteiger partial charge in [0.2, 0.25) is 0 Å². The molecule has 3 nitrogen and oxygen atoms in total. The molecule has 0 saturated heterocycles. The molecule has 2 aromatic carbocycles. The molecule has 132 valence electrons. The Hall–Kier alpha value is -1.97. The molecule has 2 rings (SSSR count). The van der Waals surface area contributed by atoms with E-state index in [2.05, 4.69) is 31.4 Å². The summed E-state index contributed by atoms with van der Waals surface area (Å²) in [6.07, 6.45) is 0. The summed E-state index contributed by atoms with van der Waals surface area (Å²) in [7, 11) is 0. The molecule has 0 aliphatic heterocycles. The molecule has 0 radical (unpaired) electrons. The van der Waals surface area contributed by atoms with E-state index in [1.54, 1.807) is 12.1 Å². The molecule has 0 bridgehead atoms. The summed E-state index contributed by atoms with van der Waals surface area (Å²) in [5, 5.41) is 5.75. The first kappa shape index (κ1) is 19.4. The maximum absolute atomic E-state index is 12.1. The van der Waals surface area contributed by atoms with Gasteiger partial charge in [-0.2, -0.15) is 0 Å². The van der Waals surface area contributed by atoms with E-state index in [0.29, 0.717) is 10.7 Å². The second-order valence-corrected chi connectivity index (χ2v) is 6.83. The summed E-state index contributed by atoms with van der Waals surface area (Å²) in [6, 6.07) is 8.69. The van der Waals surface area contributed by atoms with Crippen LogP contribution in [0.2, 0.25) is 0 Å². The smallest absolute Gasteiger partial charge is 0.308 e. The number of halogens is 2. The van der Waals surface area contributed by atoms with Crippen molar-refractivity contribution in [2.75, 3.05) is 5.32 Å². The number of benzene rings is 2. The predicted octanol–water partition coefficient (Wildman–Crippen LogP) is 6.15. The Morgan fingerprint density at radius 3 is 1.80 bits per heavy atom. The minimum Gasteiger partial charge on any atom is -0.308 e. The maximum Gasteiger partial charge on any atom is 0.324 e. The van der Waals surface area contributed by atoms with Gasteiger partial charge in [-0.15, -0.1) is 0 Å². The first-order chi connectivity index (χ1) is 11.7. The van der Waals surface area contributed by atoms with Gasteiger partial charge in [0.15, 0.2) is 0 Å². The molecule has 25 heavy (non-hydrogen) atoms. The van der Waals surface area contributed by atoms with Crippen LogP contribution in [0.5, 0.6) is 0 Å². The summed E-state index contributed by atoms with van der Waals surface area (Å²) < 4.78 is 0. The van der Waals surface area contributed by atoms with Gasteiger partial charge in [0.1, 0.15) is 5.16 Å². The first-order valence-electron chi connectivity index (χ1n) is 7.99. The molecule has 0 unspecified atom stereocenters. The number of hydrogen-bond acceptors (Lipinski definition) is 1. The van der Waals surface area contributed by atoms with Gasteiger partial charge in [0, 0.05) is 11.3 Å². The second-order valence-electron chi connectivity index (χ2n) is 6.07. The van der Waals surface area contributed by atoms with Crippen LogP contribution in [-0.4, -0.2) is 6.03 Å². The molecule has 5 heteroatoms. The van der Waals surface area contributed by atoms with Gasteiger partial charge >= 0.3 is 6.03 Å². The van der Waals surface area contributed by atoms with Gasteiger partial charge in [0.05, 0.1) is 5.03 Å². The van der Waals surface area contributed by atoms with Crippen molar-refractivity contribution in [3.05, 3.63) is 68.9 Å². The highest BCUT2D eigenvalue weighted by Crippen LogP contribution is 2.35. The topological polar surface area (TPSA) is 41.1 Å². The van der Waals surface area contributed by atoms with Crippen LogP contribution in [0.15, 0.2) is 35.5 Å². The third kappa shape index (κ3) is 4.17. The Labute approximate surface area is 159 Å². The van der Waals surface area contributed by atoms with Crippen molar-refractivity contribution in [2.24, 2.45) is 0 Å². The Bertz CT molecular complexity index is 814. The number of amides is 2. The minimum absolute atomic E-state index is 0.101. The number of rotatable bonds is 3. The molecular formula is C20H22Cl2N2O. The molecule has 0 aromatic heterocycles. The third-order valence-corrected chi connectivity index (χ3v) is 5.43. The number of carbonyl (C=O) groups is 1. The predicted molar refractivity (Wildman–Crippen MR) is 107 cm³/mol. The Kier molecular flexibility index (Phi) is 6.15. The third-order valence-electron chi connectivity index (χ3n) is 4.67. The molecule has 0 heterocycles. The van der Waals surface area contributed by atoms with Crippen LogP contribution in [0.25, 0.3) is 5.03 Å². The van der Waals surface area contributed by atoms with Crippen LogP contribution in [-0.2, 0) is 0 Å². The molecular weight excluding hydrogens is 355 g/mol. The number of hydrogen-bond donors (Lipinski definition) is 2. The lowest BCUT2D eigenvalue weighted by molar-refractivity contribution is 0.255. The SMILES string of the molecule is Cc1c(C)c(C)c(/C(Cl)=C(\Cl)NC(=O)Nc2ccccc2)c(C)c1C. The van der Waals surface area contributed by atoms with Crippen molar-refractivity contribution in [3.63, 3.8) is 0 Å². The van der Waals surface area contributed by atoms with Crippen molar-refractivity contribution in [3.8, 4) is 0 Å². The van der Waals surface area contributed by atoms with E-state index < -0.39 is 6.03 Å². The van der Waals surface area contributed by atoms with Gasteiger partial charge in [-0.05, 0) is 74.6 Å². The highest BCUT2D eigenvalue weighted by atomic mass is 35.5. The molecule has 0 saturated carbocycles. The fourth-order valence-corrected chi connectivity index (χ4v) is 3.29. The Morgan fingerprint density at radius 2 is 1.28 bits per heavy atom. The second kappa shape index (κ2) is 7.94. The maximum atomic E-state index is 12.1. The van der Waals surface area contributed by atoms with E-state index >= 15 is 0 Å². The summed E-state index contributed by atoms with van der Waals surface area (Å²) in [5.74, 6) is 0. The lowest BCUT2D eigenvalue weighted by atomic mass is 9.89. The van der Waals surface area contributed by atoms with E-state index in [0.717, 1.165) is 16.7 Å². The quantitative estimate of drug-likeness (QED) is 0.619. The first-order valence-corrected chi connectivity index (χ1v) is 8.75. The molecule has 0 aliphatic rings. The molecule has 0 aliphatic carbocycles. The van der Waals surface area contributed by atoms with E-state index in [1.165, 1.54) is 16.7 Å². The number of nitrogens with one attached hydrogen (secondary N) is 2. The standard InChI is InChI=1S/C20H22Cl2N2O/c1-11-12(2)14(4)17(15(5)13(11)3)18(21)19(22)24-20(25)23-16-9-7-6-8-10-16/h6-10H,1-5H3,(H2,23,24,25)/b19-18-. The lowest BCUT2D eigenvalue weighted by Gasteiger charge is -2.19.